The molecule has 3 aromatic rings. The second-order valence-corrected chi connectivity index (χ2v) is 11.3. The van der Waals surface area contributed by atoms with Crippen LogP contribution in [0, 0.1) is 0 Å². The molecule has 0 saturated carbocycles. The number of aromatic nitrogens is 2. The van der Waals surface area contributed by atoms with Gasteiger partial charge in [0.2, 0.25) is 16.0 Å². The SMILES string of the molecule is CCN1CCN2c3cc(OC)c(Nc4ncc(Cl)c(Nc5ccccc5NS(C)(=O)=O)n4)cc3OC[C@@H]2C1. The summed E-state index contributed by atoms with van der Waals surface area (Å²) in [6.07, 6.45) is 2.55. The minimum absolute atomic E-state index is 0.266. The highest BCUT2D eigenvalue weighted by molar-refractivity contribution is 7.92. The number of ether oxygens (including phenoxy) is 2. The van der Waals surface area contributed by atoms with Crippen LogP contribution in [0.25, 0.3) is 0 Å². The molecule has 38 heavy (non-hydrogen) atoms. The number of anilines is 6. The Labute approximate surface area is 227 Å². The van der Waals surface area contributed by atoms with Crippen molar-refractivity contribution in [3.8, 4) is 11.5 Å². The molecule has 5 rings (SSSR count). The molecule has 0 bridgehead atoms. The maximum Gasteiger partial charge on any atom is 0.229 e. The highest BCUT2D eigenvalue weighted by atomic mass is 35.5. The predicted molar refractivity (Wildman–Crippen MR) is 150 cm³/mol. The summed E-state index contributed by atoms with van der Waals surface area (Å²) in [5, 5.41) is 6.56. The molecule has 3 heterocycles. The third-order valence-corrected chi connectivity index (χ3v) is 7.37. The fraction of sp³-hybridized carbons (Fsp3) is 0.360. The maximum atomic E-state index is 11.8. The Morgan fingerprint density at radius 1 is 1.16 bits per heavy atom. The van der Waals surface area contributed by atoms with E-state index in [1.165, 1.54) is 6.20 Å². The molecule has 0 amide bonds. The van der Waals surface area contributed by atoms with E-state index in [0.717, 1.165) is 43.9 Å². The zero-order chi connectivity index (χ0) is 26.9. The lowest BCUT2D eigenvalue weighted by Crippen LogP contribution is -2.57. The number of benzene rings is 2. The Kier molecular flexibility index (Phi) is 7.37. The molecule has 1 saturated heterocycles. The number of methoxy groups -OCH3 is 1. The molecule has 1 fully saturated rings. The topological polar surface area (TPSA) is 121 Å². The molecule has 1 atom stereocenters. The number of nitrogens with zero attached hydrogens (tertiary/aromatic N) is 4. The summed E-state index contributed by atoms with van der Waals surface area (Å²) < 4.78 is 37.9. The van der Waals surface area contributed by atoms with Crippen molar-refractivity contribution in [2.45, 2.75) is 13.0 Å². The van der Waals surface area contributed by atoms with Crippen LogP contribution in [0.15, 0.2) is 42.6 Å². The number of nitrogens with one attached hydrogen (secondary N) is 3. The minimum Gasteiger partial charge on any atom is -0.494 e. The number of halogens is 1. The molecular weight excluding hydrogens is 530 g/mol. The third kappa shape index (κ3) is 5.66. The normalized spacial score (nSPS) is 17.2. The van der Waals surface area contributed by atoms with Crippen molar-refractivity contribution in [3.63, 3.8) is 0 Å². The quantitative estimate of drug-likeness (QED) is 0.374. The summed E-state index contributed by atoms with van der Waals surface area (Å²) in [5.41, 5.74) is 2.51. The average Bonchev–Trinajstić information content (AvgIpc) is 2.90. The second kappa shape index (κ2) is 10.7. The van der Waals surface area contributed by atoms with E-state index >= 15 is 0 Å². The first-order valence-electron chi connectivity index (χ1n) is 12.2. The first-order valence-corrected chi connectivity index (χ1v) is 14.5. The van der Waals surface area contributed by atoms with Crippen LogP contribution in [0.3, 0.4) is 0 Å². The van der Waals surface area contributed by atoms with Crippen LogP contribution in [-0.4, -0.2) is 75.5 Å². The Balaban J connectivity index is 1.40. The first-order chi connectivity index (χ1) is 18.2. The first kappa shape index (κ1) is 26.1. The van der Waals surface area contributed by atoms with Gasteiger partial charge in [0.15, 0.2) is 5.82 Å². The second-order valence-electron chi connectivity index (χ2n) is 9.13. The van der Waals surface area contributed by atoms with Crippen molar-refractivity contribution in [1.82, 2.24) is 14.9 Å². The lowest BCUT2D eigenvalue weighted by atomic mass is 10.1. The summed E-state index contributed by atoms with van der Waals surface area (Å²) in [7, 11) is -1.86. The number of rotatable bonds is 8. The molecule has 11 nitrogen and oxygen atoms in total. The van der Waals surface area contributed by atoms with Crippen LogP contribution in [0.4, 0.5) is 34.5 Å². The van der Waals surface area contributed by atoms with E-state index in [4.69, 9.17) is 21.1 Å². The molecule has 2 aliphatic rings. The van der Waals surface area contributed by atoms with Crippen LogP contribution in [0.1, 0.15) is 6.92 Å². The Morgan fingerprint density at radius 2 is 1.95 bits per heavy atom. The van der Waals surface area contributed by atoms with Crippen molar-refractivity contribution in [1.29, 1.82) is 0 Å². The number of likely N-dealkylation sites (N-methyl/N-ethyl adjacent to an activating group) is 1. The van der Waals surface area contributed by atoms with Gasteiger partial charge in [0.1, 0.15) is 23.1 Å². The van der Waals surface area contributed by atoms with Gasteiger partial charge in [0.05, 0.1) is 48.4 Å². The lowest BCUT2D eigenvalue weighted by molar-refractivity contribution is 0.172. The Hall–Kier alpha value is -3.48. The van der Waals surface area contributed by atoms with Crippen molar-refractivity contribution in [2.75, 3.05) is 66.4 Å². The molecule has 2 aliphatic heterocycles. The van der Waals surface area contributed by atoms with Gasteiger partial charge in [-0.1, -0.05) is 30.7 Å². The molecule has 2 aromatic carbocycles. The van der Waals surface area contributed by atoms with Crippen LogP contribution < -0.4 is 29.7 Å². The molecule has 0 unspecified atom stereocenters. The maximum absolute atomic E-state index is 11.8. The molecule has 202 valence electrons. The third-order valence-electron chi connectivity index (χ3n) is 6.50. The summed E-state index contributed by atoms with van der Waals surface area (Å²) in [6, 6.07) is 11.0. The summed E-state index contributed by atoms with van der Waals surface area (Å²) >= 11 is 6.37. The lowest BCUT2D eigenvalue weighted by Gasteiger charge is -2.45. The molecule has 3 N–H and O–H groups in total. The Bertz CT molecular complexity index is 1440. The zero-order valence-corrected chi connectivity index (χ0v) is 22.9. The molecule has 0 aliphatic carbocycles. The van der Waals surface area contributed by atoms with Gasteiger partial charge >= 0.3 is 0 Å². The van der Waals surface area contributed by atoms with E-state index < -0.39 is 10.0 Å². The van der Waals surface area contributed by atoms with Crippen molar-refractivity contribution < 1.29 is 17.9 Å². The van der Waals surface area contributed by atoms with E-state index in [1.807, 2.05) is 12.1 Å². The van der Waals surface area contributed by atoms with E-state index in [2.05, 4.69) is 42.0 Å². The van der Waals surface area contributed by atoms with E-state index in [1.54, 1.807) is 31.4 Å². The van der Waals surface area contributed by atoms with Gasteiger partial charge in [-0.2, -0.15) is 4.98 Å². The highest BCUT2D eigenvalue weighted by Gasteiger charge is 2.33. The van der Waals surface area contributed by atoms with Crippen LogP contribution in [-0.2, 0) is 10.0 Å². The number of sulfonamides is 1. The largest absolute Gasteiger partial charge is 0.494 e. The van der Waals surface area contributed by atoms with Crippen molar-refractivity contribution in [2.24, 2.45) is 0 Å². The molecule has 1 aromatic heterocycles. The van der Waals surface area contributed by atoms with Gasteiger partial charge < -0.3 is 25.0 Å². The fourth-order valence-corrected chi connectivity index (χ4v) is 5.37. The standard InChI is InChI=1S/C25H30ClN7O4S/c1-4-32-9-10-33-16(14-32)15-37-23-11-20(22(36-2)12-21(23)33)29-25-27-13-17(26)24(30-25)28-18-7-5-6-8-19(18)31-38(3,34)35/h5-8,11-13,16,31H,4,9-10,14-15H2,1-3H3,(H2,27,28,29,30)/t16-/m0/s1. The van der Waals surface area contributed by atoms with Gasteiger partial charge in [-0.25, -0.2) is 13.4 Å². The molecular formula is C25H30ClN7O4S. The number of hydrogen-bond acceptors (Lipinski definition) is 10. The van der Waals surface area contributed by atoms with Crippen molar-refractivity contribution >= 4 is 56.1 Å². The average molecular weight is 560 g/mol. The molecule has 13 heteroatoms. The van der Waals surface area contributed by atoms with Crippen LogP contribution >= 0.6 is 11.6 Å². The number of fused-ring (bicyclic) bond motifs is 3. The van der Waals surface area contributed by atoms with Crippen LogP contribution in [0.2, 0.25) is 5.02 Å². The van der Waals surface area contributed by atoms with Gasteiger partial charge in [-0.3, -0.25) is 9.62 Å². The zero-order valence-electron chi connectivity index (χ0n) is 21.4. The Morgan fingerprint density at radius 3 is 2.68 bits per heavy atom. The number of hydrogen-bond donors (Lipinski definition) is 3. The monoisotopic (exact) mass is 559 g/mol. The van der Waals surface area contributed by atoms with Gasteiger partial charge in [0.25, 0.3) is 0 Å². The van der Waals surface area contributed by atoms with Crippen LogP contribution in [0.5, 0.6) is 11.5 Å². The number of piperazine rings is 1. The van der Waals surface area contributed by atoms with E-state index in [9.17, 15) is 8.42 Å². The van der Waals surface area contributed by atoms with Gasteiger partial charge in [-0.05, 0) is 18.7 Å². The predicted octanol–water partition coefficient (Wildman–Crippen LogP) is 3.90. The smallest absolute Gasteiger partial charge is 0.229 e. The fourth-order valence-electron chi connectivity index (χ4n) is 4.65. The summed E-state index contributed by atoms with van der Waals surface area (Å²) in [4.78, 5) is 13.6. The van der Waals surface area contributed by atoms with Gasteiger partial charge in [-0.15, -0.1) is 0 Å². The van der Waals surface area contributed by atoms with Gasteiger partial charge in [0, 0.05) is 31.8 Å². The molecule has 0 radical (unpaired) electrons. The highest BCUT2D eigenvalue weighted by Crippen LogP contribution is 2.43. The minimum atomic E-state index is -3.48. The van der Waals surface area contributed by atoms with Crippen molar-refractivity contribution in [3.05, 3.63) is 47.6 Å². The van der Waals surface area contributed by atoms with E-state index in [0.29, 0.717) is 41.3 Å². The number of para-hydroxylation sites is 2. The summed E-state index contributed by atoms with van der Waals surface area (Å²) in [6.45, 7) is 6.72. The van der Waals surface area contributed by atoms with E-state index in [-0.39, 0.29) is 11.0 Å². The summed E-state index contributed by atoms with van der Waals surface area (Å²) in [5.74, 6) is 1.97. The molecule has 0 spiro atoms.